The van der Waals surface area contributed by atoms with E-state index in [4.69, 9.17) is 19.0 Å². The van der Waals surface area contributed by atoms with Crippen molar-refractivity contribution in [2.45, 2.75) is 32.0 Å². The van der Waals surface area contributed by atoms with Crippen molar-refractivity contribution in [3.63, 3.8) is 0 Å². The monoisotopic (exact) mass is 584 g/mol. The predicted molar refractivity (Wildman–Crippen MR) is 135 cm³/mol. The smallest absolute Gasteiger partial charge is 0.447 e. The van der Waals surface area contributed by atoms with E-state index >= 15 is 0 Å². The lowest BCUT2D eigenvalue weighted by Gasteiger charge is -2.32. The number of aliphatic hydroxyl groups excluding tert-OH is 1. The number of aromatic nitrogens is 1. The zero-order valence-corrected chi connectivity index (χ0v) is 22.0. The van der Waals surface area contributed by atoms with Crippen LogP contribution in [0.25, 0.3) is 11.3 Å². The Morgan fingerprint density at radius 3 is 2.52 bits per heavy atom. The van der Waals surface area contributed by atoms with Crippen molar-refractivity contribution in [2.24, 2.45) is 0 Å². The zero-order chi connectivity index (χ0) is 29.3. The number of anilines is 1. The molecular formula is C24H27F2N4O9P. The molecule has 1 aromatic heterocycles. The number of carbonyl (C=O) groups excluding carboxylic acids is 2. The standard InChI is InChI=1S/C24H27F2N4O9P/c1-15(31)30(27-12-17-8-5-9-20(25)23(17)26)18(10-19(32)14-38-40(34,35)36)13-37-24(33)28-22-11-21(39-29-22)16-6-3-2-4-7-16/h2-9,11,18-19,27,32H,10,12-14H2,1H3,(H,28,29,33)(H2,34,35,36)/t18-,19+/m0/s1. The zero-order valence-electron chi connectivity index (χ0n) is 21.1. The number of phosphoric acid groups is 1. The molecule has 5 N–H and O–H groups in total. The van der Waals surface area contributed by atoms with Gasteiger partial charge in [-0.3, -0.25) is 19.6 Å². The molecule has 3 rings (SSSR count). The summed E-state index contributed by atoms with van der Waals surface area (Å²) in [4.78, 5) is 42.6. The van der Waals surface area contributed by atoms with Crippen molar-refractivity contribution < 1.29 is 51.6 Å². The SMILES string of the molecule is CC(=O)N(NCc1cccc(F)c1F)[C@H](COC(=O)Nc1cc(-c2ccccc2)on1)C[C@@H](O)COP(=O)(O)O. The molecular weight excluding hydrogens is 557 g/mol. The lowest BCUT2D eigenvalue weighted by Crippen LogP contribution is -2.52. The number of phosphoric ester groups is 1. The van der Waals surface area contributed by atoms with Gasteiger partial charge in [0.25, 0.3) is 0 Å². The van der Waals surface area contributed by atoms with E-state index in [0.29, 0.717) is 11.3 Å². The molecule has 40 heavy (non-hydrogen) atoms. The van der Waals surface area contributed by atoms with Gasteiger partial charge in [0, 0.05) is 37.1 Å². The number of rotatable bonds is 13. The highest BCUT2D eigenvalue weighted by atomic mass is 31.2. The summed E-state index contributed by atoms with van der Waals surface area (Å²) >= 11 is 0. The highest BCUT2D eigenvalue weighted by Gasteiger charge is 2.28. The predicted octanol–water partition coefficient (Wildman–Crippen LogP) is 2.95. The first kappa shape index (κ1) is 30.8. The summed E-state index contributed by atoms with van der Waals surface area (Å²) in [6.45, 7) is -0.581. The number of aliphatic hydroxyl groups is 1. The number of hydrazine groups is 1. The molecule has 16 heteroatoms. The number of ether oxygens (including phenoxy) is 1. The van der Waals surface area contributed by atoms with E-state index in [9.17, 15) is 28.0 Å². The molecule has 0 aliphatic heterocycles. The van der Waals surface area contributed by atoms with Crippen molar-refractivity contribution >= 4 is 25.6 Å². The molecule has 1 heterocycles. The Morgan fingerprint density at radius 2 is 1.85 bits per heavy atom. The fourth-order valence-corrected chi connectivity index (χ4v) is 3.92. The minimum absolute atomic E-state index is 0.0265. The lowest BCUT2D eigenvalue weighted by molar-refractivity contribution is -0.137. The van der Waals surface area contributed by atoms with E-state index in [1.54, 1.807) is 24.3 Å². The van der Waals surface area contributed by atoms with Gasteiger partial charge >= 0.3 is 13.9 Å². The van der Waals surface area contributed by atoms with Gasteiger partial charge < -0.3 is 24.2 Å². The van der Waals surface area contributed by atoms with Crippen LogP contribution in [0.15, 0.2) is 59.1 Å². The Bertz CT molecular complexity index is 1340. The second-order valence-corrected chi connectivity index (χ2v) is 9.67. The topological polar surface area (TPSA) is 184 Å². The molecule has 2 aromatic carbocycles. The molecule has 0 radical (unpaired) electrons. The van der Waals surface area contributed by atoms with Crippen LogP contribution in [0.5, 0.6) is 0 Å². The third-order valence-electron chi connectivity index (χ3n) is 5.36. The van der Waals surface area contributed by atoms with Gasteiger partial charge in [-0.25, -0.2) is 23.6 Å². The Kier molecular flexibility index (Phi) is 10.8. The maximum absolute atomic E-state index is 14.1. The van der Waals surface area contributed by atoms with E-state index in [0.717, 1.165) is 18.0 Å². The van der Waals surface area contributed by atoms with Gasteiger partial charge in [-0.05, 0) is 6.07 Å². The minimum Gasteiger partial charge on any atom is -0.447 e. The van der Waals surface area contributed by atoms with E-state index in [1.807, 2.05) is 6.07 Å². The number of nitrogens with zero attached hydrogens (tertiary/aromatic N) is 2. The van der Waals surface area contributed by atoms with Gasteiger partial charge in [0.15, 0.2) is 23.2 Å². The molecule has 2 amide bonds. The first-order valence-electron chi connectivity index (χ1n) is 11.7. The van der Waals surface area contributed by atoms with Crippen LogP contribution in [0.1, 0.15) is 18.9 Å². The Balaban J connectivity index is 1.69. The summed E-state index contributed by atoms with van der Waals surface area (Å²) < 4.78 is 53.4. The van der Waals surface area contributed by atoms with Crippen molar-refractivity contribution in [1.29, 1.82) is 0 Å². The summed E-state index contributed by atoms with van der Waals surface area (Å²) in [5.41, 5.74) is 3.20. The first-order valence-corrected chi connectivity index (χ1v) is 13.3. The lowest BCUT2D eigenvalue weighted by atomic mass is 10.1. The Labute approximate surface area is 226 Å². The highest BCUT2D eigenvalue weighted by Crippen LogP contribution is 2.36. The van der Waals surface area contributed by atoms with Gasteiger partial charge in [0.1, 0.15) is 6.61 Å². The maximum atomic E-state index is 14.1. The number of benzene rings is 2. The quantitative estimate of drug-likeness (QED) is 0.147. The van der Waals surface area contributed by atoms with Gasteiger partial charge in [-0.15, -0.1) is 0 Å². The number of hydrogen-bond donors (Lipinski definition) is 5. The van der Waals surface area contributed by atoms with Gasteiger partial charge in [0.2, 0.25) is 5.91 Å². The van der Waals surface area contributed by atoms with Crippen LogP contribution in [0.2, 0.25) is 0 Å². The van der Waals surface area contributed by atoms with E-state index in [-0.39, 0.29) is 17.9 Å². The first-order chi connectivity index (χ1) is 18.9. The molecule has 13 nitrogen and oxygen atoms in total. The summed E-state index contributed by atoms with van der Waals surface area (Å²) in [5, 5.41) is 17.3. The fourth-order valence-electron chi connectivity index (χ4n) is 3.55. The van der Waals surface area contributed by atoms with Crippen molar-refractivity contribution in [3.8, 4) is 11.3 Å². The molecule has 0 bridgehead atoms. The molecule has 216 valence electrons. The van der Waals surface area contributed by atoms with E-state index < -0.39 is 63.2 Å². The number of carbonyl (C=O) groups is 2. The van der Waals surface area contributed by atoms with E-state index in [2.05, 4.69) is 20.4 Å². The third-order valence-corrected chi connectivity index (χ3v) is 5.85. The van der Waals surface area contributed by atoms with Crippen molar-refractivity contribution in [3.05, 3.63) is 71.8 Å². The van der Waals surface area contributed by atoms with Crippen LogP contribution in [-0.4, -0.2) is 62.4 Å². The van der Waals surface area contributed by atoms with Crippen molar-refractivity contribution in [1.82, 2.24) is 15.6 Å². The van der Waals surface area contributed by atoms with Crippen LogP contribution in [0.4, 0.5) is 19.4 Å². The Hall–Kier alpha value is -3.72. The van der Waals surface area contributed by atoms with Crippen LogP contribution in [0, 0.1) is 11.6 Å². The highest BCUT2D eigenvalue weighted by molar-refractivity contribution is 7.46. The molecule has 0 fully saturated rings. The molecule has 3 aromatic rings. The molecule has 0 spiro atoms. The van der Waals surface area contributed by atoms with Gasteiger partial charge in [-0.2, -0.15) is 0 Å². The fraction of sp³-hybridized carbons (Fsp3) is 0.292. The van der Waals surface area contributed by atoms with Crippen LogP contribution < -0.4 is 10.7 Å². The van der Waals surface area contributed by atoms with Crippen LogP contribution in [0.3, 0.4) is 0 Å². The largest absolute Gasteiger partial charge is 0.469 e. The summed E-state index contributed by atoms with van der Waals surface area (Å²) in [6.07, 6.45) is -2.92. The average molecular weight is 584 g/mol. The molecule has 0 saturated carbocycles. The van der Waals surface area contributed by atoms with Gasteiger partial charge in [-0.1, -0.05) is 47.6 Å². The molecule has 0 saturated heterocycles. The summed E-state index contributed by atoms with van der Waals surface area (Å²) in [6, 6.07) is 12.7. The molecule has 2 atom stereocenters. The normalized spacial score (nSPS) is 12.9. The maximum Gasteiger partial charge on any atom is 0.469 e. The minimum atomic E-state index is -4.90. The summed E-state index contributed by atoms with van der Waals surface area (Å²) in [5.74, 6) is -2.49. The van der Waals surface area contributed by atoms with Crippen LogP contribution in [-0.2, 0) is 25.2 Å². The number of nitrogens with one attached hydrogen (secondary N) is 2. The molecule has 0 unspecified atom stereocenters. The van der Waals surface area contributed by atoms with Gasteiger partial charge in [0.05, 0.1) is 18.8 Å². The molecule has 0 aliphatic rings. The summed E-state index contributed by atoms with van der Waals surface area (Å²) in [7, 11) is -4.90. The van der Waals surface area contributed by atoms with E-state index in [1.165, 1.54) is 18.2 Å². The second kappa shape index (κ2) is 14.1. The average Bonchev–Trinajstić information content (AvgIpc) is 3.36. The molecule has 0 aliphatic carbocycles. The Morgan fingerprint density at radius 1 is 1.12 bits per heavy atom. The van der Waals surface area contributed by atoms with Crippen molar-refractivity contribution in [2.75, 3.05) is 18.5 Å². The number of amides is 2. The second-order valence-electron chi connectivity index (χ2n) is 8.43. The van der Waals surface area contributed by atoms with Crippen LogP contribution >= 0.6 is 7.82 Å². The number of hydrogen-bond acceptors (Lipinski definition) is 9. The third kappa shape index (κ3) is 9.48. The number of halogens is 2.